The van der Waals surface area contributed by atoms with Crippen molar-refractivity contribution in [2.75, 3.05) is 0 Å². The van der Waals surface area contributed by atoms with Crippen molar-refractivity contribution in [3.63, 3.8) is 0 Å². The van der Waals surface area contributed by atoms with Crippen LogP contribution in [0.4, 0.5) is 0 Å². The molecule has 1 amide bonds. The predicted molar refractivity (Wildman–Crippen MR) is 111 cm³/mol. The summed E-state index contributed by atoms with van der Waals surface area (Å²) in [5.41, 5.74) is 1.84. The van der Waals surface area contributed by atoms with Gasteiger partial charge in [0.1, 0.15) is 11.6 Å². The topological polar surface area (TPSA) is 114 Å². The highest BCUT2D eigenvalue weighted by molar-refractivity contribution is 6.03. The molecule has 150 valence electrons. The molecular formula is C22H19N5O3. The van der Waals surface area contributed by atoms with E-state index in [9.17, 15) is 9.59 Å². The van der Waals surface area contributed by atoms with Crippen LogP contribution in [0.25, 0.3) is 22.4 Å². The summed E-state index contributed by atoms with van der Waals surface area (Å²) in [5.74, 6) is 0.165. The Morgan fingerprint density at radius 2 is 1.67 bits per heavy atom. The smallest absolute Gasteiger partial charge is 0.277 e. The third-order valence-electron chi connectivity index (χ3n) is 4.58. The van der Waals surface area contributed by atoms with Gasteiger partial charge in [-0.05, 0) is 19.4 Å². The zero-order chi connectivity index (χ0) is 21.1. The van der Waals surface area contributed by atoms with Crippen LogP contribution >= 0.6 is 0 Å². The van der Waals surface area contributed by atoms with E-state index < -0.39 is 17.5 Å². The molecular weight excluding hydrogens is 382 g/mol. The van der Waals surface area contributed by atoms with Crippen molar-refractivity contribution < 1.29 is 9.32 Å². The third-order valence-corrected chi connectivity index (χ3v) is 4.58. The fraction of sp³-hybridized carbons (Fsp3) is 0.136. The van der Waals surface area contributed by atoms with E-state index in [1.165, 1.54) is 0 Å². The van der Waals surface area contributed by atoms with Crippen LogP contribution in [0.15, 0.2) is 70.0 Å². The molecule has 1 unspecified atom stereocenters. The standard InChI is InChI=1S/C22H19N5O3/c1-13(22-24-14(2)27-30-22)23-20(28)18-17(15-9-5-3-6-10-15)19(25-26-21(18)29)16-11-7-4-8-12-16/h3-13H,1-2H3,(H,23,28)(H,26,29). The van der Waals surface area contributed by atoms with Gasteiger partial charge in [0, 0.05) is 11.1 Å². The zero-order valence-corrected chi connectivity index (χ0v) is 16.4. The number of hydrogen-bond donors (Lipinski definition) is 2. The number of aromatic nitrogens is 4. The fourth-order valence-electron chi connectivity index (χ4n) is 3.18. The summed E-state index contributed by atoms with van der Waals surface area (Å²) in [5, 5.41) is 13.2. The molecule has 1 atom stereocenters. The van der Waals surface area contributed by atoms with Gasteiger partial charge in [-0.3, -0.25) is 9.59 Å². The van der Waals surface area contributed by atoms with Gasteiger partial charge in [0.2, 0.25) is 5.89 Å². The Kier molecular flexibility index (Phi) is 5.21. The van der Waals surface area contributed by atoms with Crippen molar-refractivity contribution in [2.45, 2.75) is 19.9 Å². The van der Waals surface area contributed by atoms with Crippen LogP contribution in [0.5, 0.6) is 0 Å². The van der Waals surface area contributed by atoms with Crippen LogP contribution in [0.3, 0.4) is 0 Å². The van der Waals surface area contributed by atoms with E-state index >= 15 is 0 Å². The number of rotatable bonds is 5. The van der Waals surface area contributed by atoms with Crippen LogP contribution < -0.4 is 10.9 Å². The van der Waals surface area contributed by atoms with Crippen molar-refractivity contribution in [3.8, 4) is 22.4 Å². The van der Waals surface area contributed by atoms with Crippen LogP contribution in [0.1, 0.15) is 35.0 Å². The molecule has 0 aliphatic carbocycles. The minimum Gasteiger partial charge on any atom is -0.340 e. The minimum absolute atomic E-state index is 0.0295. The highest BCUT2D eigenvalue weighted by atomic mass is 16.5. The molecule has 0 fully saturated rings. The summed E-state index contributed by atoms with van der Waals surface area (Å²) in [6, 6.07) is 18.0. The van der Waals surface area contributed by atoms with E-state index in [2.05, 4.69) is 25.7 Å². The number of aryl methyl sites for hydroxylation is 1. The lowest BCUT2D eigenvalue weighted by Crippen LogP contribution is -2.33. The second-order valence-corrected chi connectivity index (χ2v) is 6.76. The number of H-pyrrole nitrogens is 1. The zero-order valence-electron chi connectivity index (χ0n) is 16.4. The van der Waals surface area contributed by atoms with Crippen LogP contribution in [0.2, 0.25) is 0 Å². The molecule has 2 heterocycles. The fourth-order valence-corrected chi connectivity index (χ4v) is 3.18. The van der Waals surface area contributed by atoms with E-state index in [0.717, 1.165) is 5.56 Å². The number of nitrogens with one attached hydrogen (secondary N) is 2. The maximum Gasteiger partial charge on any atom is 0.277 e. The van der Waals surface area contributed by atoms with Gasteiger partial charge in [-0.1, -0.05) is 65.8 Å². The highest BCUT2D eigenvalue weighted by Gasteiger charge is 2.25. The second-order valence-electron chi connectivity index (χ2n) is 6.76. The van der Waals surface area contributed by atoms with Crippen molar-refractivity contribution >= 4 is 5.91 Å². The van der Waals surface area contributed by atoms with Gasteiger partial charge in [0.05, 0.1) is 5.69 Å². The van der Waals surface area contributed by atoms with Crippen molar-refractivity contribution in [1.82, 2.24) is 25.7 Å². The maximum atomic E-state index is 13.2. The molecule has 0 saturated carbocycles. The molecule has 30 heavy (non-hydrogen) atoms. The maximum absolute atomic E-state index is 13.2. The van der Waals surface area contributed by atoms with Crippen LogP contribution in [-0.2, 0) is 0 Å². The van der Waals surface area contributed by atoms with E-state index in [1.54, 1.807) is 13.8 Å². The van der Waals surface area contributed by atoms with Crippen LogP contribution in [0, 0.1) is 6.92 Å². The second kappa shape index (κ2) is 8.12. The molecule has 8 nitrogen and oxygen atoms in total. The summed E-state index contributed by atoms with van der Waals surface area (Å²) in [6.45, 7) is 3.40. The molecule has 4 rings (SSSR count). The number of nitrogens with zero attached hydrogens (tertiary/aromatic N) is 3. The number of benzene rings is 2. The molecule has 0 saturated heterocycles. The SMILES string of the molecule is Cc1noc(C(C)NC(=O)c2c(-c3ccccc3)c(-c3ccccc3)n[nH]c2=O)n1. The Balaban J connectivity index is 1.84. The number of hydrogen-bond acceptors (Lipinski definition) is 6. The molecule has 0 bridgehead atoms. The summed E-state index contributed by atoms with van der Waals surface area (Å²) >= 11 is 0. The lowest BCUT2D eigenvalue weighted by Gasteiger charge is -2.15. The largest absolute Gasteiger partial charge is 0.340 e. The summed E-state index contributed by atoms with van der Waals surface area (Å²) < 4.78 is 5.13. The Bertz CT molecular complexity index is 1230. The molecule has 8 heteroatoms. The molecule has 0 spiro atoms. The minimum atomic E-state index is -0.583. The van der Waals surface area contributed by atoms with E-state index in [1.807, 2.05) is 60.7 Å². The quantitative estimate of drug-likeness (QED) is 0.530. The Hall–Kier alpha value is -4.07. The molecule has 0 radical (unpaired) electrons. The number of aromatic amines is 1. The first-order valence-corrected chi connectivity index (χ1v) is 9.39. The van der Waals surface area contributed by atoms with Crippen molar-refractivity contribution in [1.29, 1.82) is 0 Å². The normalized spacial score (nSPS) is 11.8. The number of carbonyl (C=O) groups is 1. The van der Waals surface area contributed by atoms with E-state index in [0.29, 0.717) is 22.6 Å². The lowest BCUT2D eigenvalue weighted by atomic mass is 9.95. The average molecular weight is 401 g/mol. The molecule has 2 aromatic carbocycles. The lowest BCUT2D eigenvalue weighted by molar-refractivity contribution is 0.0931. The summed E-state index contributed by atoms with van der Waals surface area (Å²) in [7, 11) is 0. The van der Waals surface area contributed by atoms with Crippen molar-refractivity contribution in [3.05, 3.63) is 88.3 Å². The molecule has 4 aromatic rings. The van der Waals surface area contributed by atoms with Gasteiger partial charge >= 0.3 is 0 Å². The monoisotopic (exact) mass is 401 g/mol. The van der Waals surface area contributed by atoms with E-state index in [4.69, 9.17) is 4.52 Å². The predicted octanol–water partition coefficient (Wildman–Crippen LogP) is 3.29. The average Bonchev–Trinajstić information content (AvgIpc) is 3.21. The van der Waals surface area contributed by atoms with E-state index in [-0.39, 0.29) is 11.5 Å². The molecule has 2 N–H and O–H groups in total. The van der Waals surface area contributed by atoms with Gasteiger partial charge in [-0.2, -0.15) is 10.1 Å². The van der Waals surface area contributed by atoms with Gasteiger partial charge in [0.15, 0.2) is 5.82 Å². The summed E-state index contributed by atoms with van der Waals surface area (Å²) in [6.07, 6.45) is 0. The number of amides is 1. The highest BCUT2D eigenvalue weighted by Crippen LogP contribution is 2.31. The van der Waals surface area contributed by atoms with Gasteiger partial charge in [0.25, 0.3) is 11.5 Å². The van der Waals surface area contributed by atoms with Crippen LogP contribution in [-0.4, -0.2) is 26.2 Å². The molecule has 0 aliphatic heterocycles. The third kappa shape index (κ3) is 3.75. The van der Waals surface area contributed by atoms with Gasteiger partial charge in [-0.15, -0.1) is 0 Å². The Morgan fingerprint density at radius 3 is 2.27 bits per heavy atom. The van der Waals surface area contributed by atoms with Gasteiger partial charge < -0.3 is 9.84 Å². The van der Waals surface area contributed by atoms with Gasteiger partial charge in [-0.25, -0.2) is 5.10 Å². The molecule has 0 aliphatic rings. The number of carbonyl (C=O) groups excluding carboxylic acids is 1. The molecule has 2 aromatic heterocycles. The Labute approximate surface area is 172 Å². The first kappa shape index (κ1) is 19.3. The Morgan fingerprint density at radius 1 is 1.03 bits per heavy atom. The van der Waals surface area contributed by atoms with Crippen molar-refractivity contribution in [2.24, 2.45) is 0 Å². The first-order valence-electron chi connectivity index (χ1n) is 9.39. The first-order chi connectivity index (χ1) is 14.5. The summed E-state index contributed by atoms with van der Waals surface area (Å²) in [4.78, 5) is 30.0.